The van der Waals surface area contributed by atoms with Crippen molar-refractivity contribution in [3.05, 3.63) is 35.4 Å². The highest BCUT2D eigenvalue weighted by atomic mass is 127. The minimum absolute atomic E-state index is 0. The number of carbonyl (C=O) groups is 1. The Labute approximate surface area is 156 Å². The molecule has 1 rings (SSSR count). The van der Waals surface area contributed by atoms with Crippen LogP contribution in [0.1, 0.15) is 38.8 Å². The smallest absolute Gasteiger partial charge is 0.239 e. The van der Waals surface area contributed by atoms with E-state index in [1.54, 1.807) is 0 Å². The van der Waals surface area contributed by atoms with Crippen LogP contribution in [0.3, 0.4) is 0 Å². The number of carbonyl (C=O) groups excluding carboxylic acids is 1. The summed E-state index contributed by atoms with van der Waals surface area (Å²) in [4.78, 5) is 16.4. The predicted molar refractivity (Wildman–Crippen MR) is 107 cm³/mol. The molecule has 0 saturated heterocycles. The monoisotopic (exact) mass is 432 g/mol. The summed E-state index contributed by atoms with van der Waals surface area (Å²) in [6, 6.07) is 8.16. The van der Waals surface area contributed by atoms with E-state index in [2.05, 4.69) is 40.0 Å². The number of guanidine groups is 1. The van der Waals surface area contributed by atoms with Crippen molar-refractivity contribution in [2.24, 2.45) is 4.99 Å². The number of aryl methyl sites for hydroxylation is 1. The molecule has 0 atom stereocenters. The Morgan fingerprint density at radius 2 is 1.83 bits per heavy atom. The van der Waals surface area contributed by atoms with Gasteiger partial charge in [0, 0.05) is 12.1 Å². The molecule has 1 aromatic carbocycles. The summed E-state index contributed by atoms with van der Waals surface area (Å²) < 4.78 is 0. The SMILES string of the molecule is CCNC(=NCc1ccccc1C)NCC(=O)NC(C)(C)C.I. The summed E-state index contributed by atoms with van der Waals surface area (Å²) in [7, 11) is 0. The second-order valence-corrected chi connectivity index (χ2v) is 6.27. The topological polar surface area (TPSA) is 65.5 Å². The lowest BCUT2D eigenvalue weighted by Gasteiger charge is -2.21. The van der Waals surface area contributed by atoms with Crippen LogP contribution in [-0.2, 0) is 11.3 Å². The quantitative estimate of drug-likeness (QED) is 0.381. The Hall–Kier alpha value is -1.31. The van der Waals surface area contributed by atoms with Crippen LogP contribution in [-0.4, -0.2) is 30.5 Å². The molecule has 0 aliphatic rings. The first kappa shape index (κ1) is 21.7. The zero-order chi connectivity index (χ0) is 16.6. The zero-order valence-corrected chi connectivity index (χ0v) is 17.0. The predicted octanol–water partition coefficient (Wildman–Crippen LogP) is 2.58. The Morgan fingerprint density at radius 3 is 2.39 bits per heavy atom. The van der Waals surface area contributed by atoms with Crippen LogP contribution in [0.2, 0.25) is 0 Å². The van der Waals surface area contributed by atoms with E-state index in [0.29, 0.717) is 12.5 Å². The van der Waals surface area contributed by atoms with E-state index >= 15 is 0 Å². The second-order valence-electron chi connectivity index (χ2n) is 6.27. The van der Waals surface area contributed by atoms with Crippen molar-refractivity contribution in [2.45, 2.75) is 46.7 Å². The van der Waals surface area contributed by atoms with Crippen molar-refractivity contribution in [2.75, 3.05) is 13.1 Å². The van der Waals surface area contributed by atoms with Crippen LogP contribution in [0.4, 0.5) is 0 Å². The highest BCUT2D eigenvalue weighted by Crippen LogP contribution is 2.07. The van der Waals surface area contributed by atoms with E-state index in [1.807, 2.05) is 39.8 Å². The summed E-state index contributed by atoms with van der Waals surface area (Å²) in [5.74, 6) is 0.601. The van der Waals surface area contributed by atoms with E-state index in [-0.39, 0.29) is 42.0 Å². The lowest BCUT2D eigenvalue weighted by atomic mass is 10.1. The average Bonchev–Trinajstić information content (AvgIpc) is 2.41. The van der Waals surface area contributed by atoms with Crippen LogP contribution in [0, 0.1) is 6.92 Å². The maximum atomic E-state index is 11.8. The highest BCUT2D eigenvalue weighted by molar-refractivity contribution is 14.0. The van der Waals surface area contributed by atoms with Gasteiger partial charge in [0.1, 0.15) is 0 Å². The lowest BCUT2D eigenvalue weighted by Crippen LogP contribution is -2.48. The highest BCUT2D eigenvalue weighted by Gasteiger charge is 2.13. The van der Waals surface area contributed by atoms with Gasteiger partial charge in [-0.25, -0.2) is 4.99 Å². The fourth-order valence-corrected chi connectivity index (χ4v) is 1.92. The molecule has 0 heterocycles. The number of hydrogen-bond donors (Lipinski definition) is 3. The number of hydrogen-bond acceptors (Lipinski definition) is 2. The molecule has 0 bridgehead atoms. The fraction of sp³-hybridized carbons (Fsp3) is 0.529. The summed E-state index contributed by atoms with van der Waals surface area (Å²) >= 11 is 0. The maximum Gasteiger partial charge on any atom is 0.239 e. The maximum absolute atomic E-state index is 11.8. The van der Waals surface area contributed by atoms with E-state index in [1.165, 1.54) is 11.1 Å². The molecule has 0 spiro atoms. The van der Waals surface area contributed by atoms with Crippen LogP contribution in [0.5, 0.6) is 0 Å². The fourth-order valence-electron chi connectivity index (χ4n) is 1.92. The molecule has 0 fully saturated rings. The van der Waals surface area contributed by atoms with Crippen molar-refractivity contribution in [1.82, 2.24) is 16.0 Å². The molecule has 0 radical (unpaired) electrons. The molecule has 23 heavy (non-hydrogen) atoms. The van der Waals surface area contributed by atoms with Gasteiger partial charge in [0.2, 0.25) is 5.91 Å². The standard InChI is InChI=1S/C17H28N4O.HI/c1-6-18-16(20-12-15(22)21-17(3,4)5)19-11-14-10-8-7-9-13(14)2;/h7-10H,6,11-12H2,1-5H3,(H,21,22)(H2,18,19,20);1H. The van der Waals surface area contributed by atoms with Gasteiger partial charge in [-0.1, -0.05) is 24.3 Å². The summed E-state index contributed by atoms with van der Waals surface area (Å²) in [6.07, 6.45) is 0. The Kier molecular flexibility index (Phi) is 9.87. The van der Waals surface area contributed by atoms with Gasteiger partial charge in [-0.15, -0.1) is 24.0 Å². The third-order valence-electron chi connectivity index (χ3n) is 2.94. The largest absolute Gasteiger partial charge is 0.357 e. The number of halogens is 1. The first-order valence-electron chi connectivity index (χ1n) is 7.69. The number of nitrogens with zero attached hydrogens (tertiary/aromatic N) is 1. The molecule has 6 heteroatoms. The Balaban J connectivity index is 0.00000484. The Morgan fingerprint density at radius 1 is 1.17 bits per heavy atom. The Bertz CT molecular complexity index is 524. The van der Waals surface area contributed by atoms with Crippen molar-refractivity contribution < 1.29 is 4.79 Å². The number of nitrogens with one attached hydrogen (secondary N) is 3. The molecular formula is C17H29IN4O. The lowest BCUT2D eigenvalue weighted by molar-refractivity contribution is -0.121. The van der Waals surface area contributed by atoms with Gasteiger partial charge in [-0.2, -0.15) is 0 Å². The van der Waals surface area contributed by atoms with E-state index < -0.39 is 0 Å². The van der Waals surface area contributed by atoms with Crippen molar-refractivity contribution >= 4 is 35.8 Å². The van der Waals surface area contributed by atoms with Gasteiger partial charge in [0.05, 0.1) is 13.1 Å². The van der Waals surface area contributed by atoms with Crippen molar-refractivity contribution in [3.63, 3.8) is 0 Å². The van der Waals surface area contributed by atoms with Gasteiger partial charge in [-0.05, 0) is 45.7 Å². The van der Waals surface area contributed by atoms with Crippen molar-refractivity contribution in [1.29, 1.82) is 0 Å². The van der Waals surface area contributed by atoms with Gasteiger partial charge >= 0.3 is 0 Å². The molecule has 0 unspecified atom stereocenters. The molecular weight excluding hydrogens is 403 g/mol. The van der Waals surface area contributed by atoms with E-state index in [9.17, 15) is 4.79 Å². The molecule has 0 saturated carbocycles. The van der Waals surface area contributed by atoms with Gasteiger partial charge in [0.25, 0.3) is 0 Å². The number of aliphatic imine (C=N–C) groups is 1. The zero-order valence-electron chi connectivity index (χ0n) is 14.7. The summed E-state index contributed by atoms with van der Waals surface area (Å²) in [6.45, 7) is 11.5. The van der Waals surface area contributed by atoms with E-state index in [4.69, 9.17) is 0 Å². The number of rotatable bonds is 5. The molecule has 1 amide bonds. The van der Waals surface area contributed by atoms with Crippen molar-refractivity contribution in [3.8, 4) is 0 Å². The number of benzene rings is 1. The molecule has 130 valence electrons. The third-order valence-corrected chi connectivity index (χ3v) is 2.94. The van der Waals surface area contributed by atoms with Gasteiger partial charge in [0.15, 0.2) is 5.96 Å². The third kappa shape index (κ3) is 9.43. The molecule has 5 nitrogen and oxygen atoms in total. The average molecular weight is 432 g/mol. The molecule has 0 aliphatic heterocycles. The molecule has 0 aromatic heterocycles. The minimum atomic E-state index is -0.227. The van der Waals surface area contributed by atoms with Gasteiger partial charge < -0.3 is 16.0 Å². The van der Waals surface area contributed by atoms with Crippen LogP contribution >= 0.6 is 24.0 Å². The van der Waals surface area contributed by atoms with Gasteiger partial charge in [-0.3, -0.25) is 4.79 Å². The van der Waals surface area contributed by atoms with Crippen LogP contribution in [0.25, 0.3) is 0 Å². The van der Waals surface area contributed by atoms with Crippen LogP contribution < -0.4 is 16.0 Å². The van der Waals surface area contributed by atoms with Crippen LogP contribution in [0.15, 0.2) is 29.3 Å². The van der Waals surface area contributed by atoms with E-state index in [0.717, 1.165) is 6.54 Å². The molecule has 0 aliphatic carbocycles. The minimum Gasteiger partial charge on any atom is -0.357 e. The molecule has 1 aromatic rings. The molecule has 3 N–H and O–H groups in total. The first-order valence-corrected chi connectivity index (χ1v) is 7.69. The second kappa shape index (κ2) is 10.5. The first-order chi connectivity index (χ1) is 10.3. The summed E-state index contributed by atoms with van der Waals surface area (Å²) in [5, 5.41) is 9.12. The summed E-state index contributed by atoms with van der Waals surface area (Å²) in [5.41, 5.74) is 2.17. The normalized spacial score (nSPS) is 11.4. The number of amides is 1.